The number of carbonyl (C=O) groups is 3. The van der Waals surface area contributed by atoms with Crippen LogP contribution in [-0.2, 0) is 19.2 Å². The van der Waals surface area contributed by atoms with Gasteiger partial charge < -0.3 is 14.7 Å². The van der Waals surface area contributed by atoms with Crippen LogP contribution in [0.2, 0.25) is 0 Å². The first-order chi connectivity index (χ1) is 9.52. The molecule has 114 valence electrons. The molecule has 0 aromatic heterocycles. The van der Waals surface area contributed by atoms with Crippen LogP contribution in [-0.4, -0.2) is 79.3 Å². The van der Waals surface area contributed by atoms with Gasteiger partial charge >= 0.3 is 18.0 Å². The number of esters is 1. The number of carboxylic acid groups (broad SMARTS) is 1. The molecule has 0 aromatic rings. The molecule has 1 fully saturated rings. The van der Waals surface area contributed by atoms with Crippen LogP contribution >= 0.6 is 0 Å². The van der Waals surface area contributed by atoms with Crippen molar-refractivity contribution in [3.63, 3.8) is 0 Å². The molecule has 1 saturated heterocycles. The number of nitrogens with zero attached hydrogens (tertiary/aromatic N) is 2. The second kappa shape index (κ2) is 8.33. The van der Waals surface area contributed by atoms with Gasteiger partial charge in [-0.3, -0.25) is 14.5 Å². The Morgan fingerprint density at radius 2 is 1.85 bits per heavy atom. The van der Waals surface area contributed by atoms with E-state index in [4.69, 9.17) is 5.11 Å². The zero-order valence-electron chi connectivity index (χ0n) is 11.3. The molecule has 0 bridgehead atoms. The molecule has 0 spiro atoms. The molecule has 1 aliphatic heterocycles. The van der Waals surface area contributed by atoms with Crippen molar-refractivity contribution < 1.29 is 29.1 Å². The Balaban J connectivity index is 2.19. The second-order valence-corrected chi connectivity index (χ2v) is 4.24. The highest BCUT2D eigenvalue weighted by Gasteiger charge is 2.21. The first-order valence-corrected chi connectivity index (χ1v) is 6.20. The zero-order chi connectivity index (χ0) is 15.0. The summed E-state index contributed by atoms with van der Waals surface area (Å²) < 4.78 is 4.56. The highest BCUT2D eigenvalue weighted by atomic mass is 16.7. The summed E-state index contributed by atoms with van der Waals surface area (Å²) in [4.78, 5) is 40.9. The molecule has 9 nitrogen and oxygen atoms in total. The quantitative estimate of drug-likeness (QED) is 0.471. The highest BCUT2D eigenvalue weighted by molar-refractivity contribution is 5.74. The number of amides is 2. The summed E-state index contributed by atoms with van der Waals surface area (Å²) in [6, 6.07) is -0.459. The van der Waals surface area contributed by atoms with E-state index in [2.05, 4.69) is 20.0 Å². The lowest BCUT2D eigenvalue weighted by Gasteiger charge is -2.34. The molecule has 1 heterocycles. The minimum Gasteiger partial charge on any atom is -0.479 e. The Kier molecular flexibility index (Phi) is 6.74. The fourth-order valence-corrected chi connectivity index (χ4v) is 1.75. The van der Waals surface area contributed by atoms with E-state index in [1.54, 1.807) is 0 Å². The predicted molar refractivity (Wildman–Crippen MR) is 66.8 cm³/mol. The van der Waals surface area contributed by atoms with Crippen LogP contribution in [0.1, 0.15) is 6.42 Å². The number of rotatable bonds is 6. The van der Waals surface area contributed by atoms with Gasteiger partial charge in [-0.1, -0.05) is 0 Å². The monoisotopic (exact) mass is 289 g/mol. The van der Waals surface area contributed by atoms with Gasteiger partial charge in [-0.05, 0) is 0 Å². The van der Waals surface area contributed by atoms with E-state index in [-0.39, 0.29) is 5.97 Å². The minimum absolute atomic E-state index is 0.257. The first kappa shape index (κ1) is 16.2. The van der Waals surface area contributed by atoms with Gasteiger partial charge in [0.15, 0.2) is 6.61 Å². The third kappa shape index (κ3) is 5.85. The minimum atomic E-state index is -1.15. The van der Waals surface area contributed by atoms with Gasteiger partial charge in [0, 0.05) is 32.7 Å². The molecule has 1 aliphatic rings. The van der Waals surface area contributed by atoms with Crippen LogP contribution < -0.4 is 5.48 Å². The first-order valence-electron chi connectivity index (χ1n) is 6.20. The Hall–Kier alpha value is -1.87. The number of carbonyl (C=O) groups excluding carboxylic acids is 2. The summed E-state index contributed by atoms with van der Waals surface area (Å²) >= 11 is 0. The number of hydrogen-bond acceptors (Lipinski definition) is 6. The molecule has 0 aliphatic carbocycles. The van der Waals surface area contributed by atoms with Crippen LogP contribution in [0, 0.1) is 0 Å². The third-order valence-corrected chi connectivity index (χ3v) is 2.87. The number of ether oxygens (including phenoxy) is 1. The Morgan fingerprint density at radius 1 is 1.20 bits per heavy atom. The maximum Gasteiger partial charge on any atom is 0.341 e. The van der Waals surface area contributed by atoms with Gasteiger partial charge in [0.1, 0.15) is 0 Å². The van der Waals surface area contributed by atoms with Gasteiger partial charge in [0.25, 0.3) is 0 Å². The van der Waals surface area contributed by atoms with Crippen LogP contribution in [0.5, 0.6) is 0 Å². The molecule has 0 aromatic carbocycles. The van der Waals surface area contributed by atoms with Gasteiger partial charge in [-0.15, -0.1) is 0 Å². The van der Waals surface area contributed by atoms with E-state index in [9.17, 15) is 14.4 Å². The Labute approximate surface area is 116 Å². The topological polar surface area (TPSA) is 108 Å². The van der Waals surface area contributed by atoms with Crippen molar-refractivity contribution in [2.75, 3.05) is 46.4 Å². The smallest absolute Gasteiger partial charge is 0.341 e. The second-order valence-electron chi connectivity index (χ2n) is 4.24. The van der Waals surface area contributed by atoms with Crippen molar-refractivity contribution in [1.29, 1.82) is 0 Å². The lowest BCUT2D eigenvalue weighted by Crippen LogP contribution is -2.52. The molecular formula is C11H19N3O6. The maximum absolute atomic E-state index is 11.6. The van der Waals surface area contributed by atoms with E-state index in [1.807, 2.05) is 0 Å². The molecule has 2 amide bonds. The number of hydroxylamine groups is 1. The number of piperazine rings is 1. The molecule has 20 heavy (non-hydrogen) atoms. The number of hydrogen-bond donors (Lipinski definition) is 2. The normalized spacial score (nSPS) is 15.8. The van der Waals surface area contributed by atoms with Crippen LogP contribution in [0.25, 0.3) is 0 Å². The Bertz CT molecular complexity index is 354. The molecule has 0 radical (unpaired) electrons. The predicted octanol–water partition coefficient (Wildman–Crippen LogP) is -1.11. The fraction of sp³-hybridized carbons (Fsp3) is 0.727. The van der Waals surface area contributed by atoms with Crippen LogP contribution in [0.15, 0.2) is 0 Å². The van der Waals surface area contributed by atoms with Gasteiger partial charge in [-0.2, -0.15) is 0 Å². The summed E-state index contributed by atoms with van der Waals surface area (Å²) in [7, 11) is 1.35. The largest absolute Gasteiger partial charge is 0.479 e. The van der Waals surface area contributed by atoms with E-state index in [0.29, 0.717) is 39.1 Å². The maximum atomic E-state index is 11.6. The summed E-state index contributed by atoms with van der Waals surface area (Å²) in [6.45, 7) is 2.28. The van der Waals surface area contributed by atoms with Crippen molar-refractivity contribution in [2.45, 2.75) is 6.42 Å². The van der Waals surface area contributed by atoms with Gasteiger partial charge in [0.05, 0.1) is 13.5 Å². The molecular weight excluding hydrogens is 270 g/mol. The van der Waals surface area contributed by atoms with Crippen LogP contribution in [0.3, 0.4) is 0 Å². The average molecular weight is 289 g/mol. The summed E-state index contributed by atoms with van der Waals surface area (Å²) in [5, 5.41) is 8.36. The van der Waals surface area contributed by atoms with E-state index in [1.165, 1.54) is 12.0 Å². The average Bonchev–Trinajstić information content (AvgIpc) is 2.44. The molecule has 1 rings (SSSR count). The lowest BCUT2D eigenvalue weighted by molar-refractivity contribution is -0.144. The molecule has 0 saturated carbocycles. The number of aliphatic carboxylic acids is 1. The van der Waals surface area contributed by atoms with Crippen molar-refractivity contribution >= 4 is 18.0 Å². The number of nitrogens with one attached hydrogen (secondary N) is 1. The fourth-order valence-electron chi connectivity index (χ4n) is 1.75. The number of carboxylic acids is 1. The van der Waals surface area contributed by atoms with E-state index in [0.717, 1.165) is 0 Å². The number of methoxy groups -OCH3 is 1. The lowest BCUT2D eigenvalue weighted by atomic mass is 10.3. The van der Waals surface area contributed by atoms with E-state index < -0.39 is 18.6 Å². The molecule has 0 atom stereocenters. The summed E-state index contributed by atoms with van der Waals surface area (Å²) in [6.07, 6.45) is 0.324. The molecule has 2 N–H and O–H groups in total. The standard InChI is InChI=1S/C11H19N3O6/c1-19-10(17)2-3-13-4-6-14(7-5-13)11(18)12-20-8-9(15)16/h2-8H2,1H3,(H,12,18)(H,15,16). The van der Waals surface area contributed by atoms with Crippen LogP contribution in [0.4, 0.5) is 4.79 Å². The van der Waals surface area contributed by atoms with Crippen molar-refractivity contribution in [2.24, 2.45) is 0 Å². The van der Waals surface area contributed by atoms with Crippen molar-refractivity contribution in [3.05, 3.63) is 0 Å². The third-order valence-electron chi connectivity index (χ3n) is 2.87. The van der Waals surface area contributed by atoms with Crippen molar-refractivity contribution in [1.82, 2.24) is 15.3 Å². The van der Waals surface area contributed by atoms with Crippen molar-refractivity contribution in [3.8, 4) is 0 Å². The molecule has 9 heteroatoms. The number of urea groups is 1. The zero-order valence-corrected chi connectivity index (χ0v) is 11.3. The molecule has 0 unspecified atom stereocenters. The Morgan fingerprint density at radius 3 is 2.40 bits per heavy atom. The van der Waals surface area contributed by atoms with Gasteiger partial charge in [0.2, 0.25) is 0 Å². The van der Waals surface area contributed by atoms with E-state index >= 15 is 0 Å². The summed E-state index contributed by atoms with van der Waals surface area (Å²) in [5.41, 5.74) is 2.07. The highest BCUT2D eigenvalue weighted by Crippen LogP contribution is 2.03. The SMILES string of the molecule is COC(=O)CCN1CCN(C(=O)NOCC(=O)O)CC1. The summed E-state index contributed by atoms with van der Waals surface area (Å²) in [5.74, 6) is -1.41. The van der Waals surface area contributed by atoms with Gasteiger partial charge in [-0.25, -0.2) is 15.1 Å².